The van der Waals surface area contributed by atoms with Gasteiger partial charge in [0.15, 0.2) is 0 Å². The van der Waals surface area contributed by atoms with Crippen LogP contribution in [0.4, 0.5) is 0 Å². The van der Waals surface area contributed by atoms with Crippen molar-refractivity contribution < 1.29 is 9.53 Å². The van der Waals surface area contributed by atoms with Crippen LogP contribution >= 0.6 is 0 Å². The van der Waals surface area contributed by atoms with Crippen LogP contribution in [-0.4, -0.2) is 67.7 Å². The molecule has 0 bridgehead atoms. The molecule has 1 N–H and O–H groups in total. The van der Waals surface area contributed by atoms with Crippen LogP contribution in [0.5, 0.6) is 0 Å². The van der Waals surface area contributed by atoms with E-state index >= 15 is 0 Å². The molecule has 0 aromatic heterocycles. The molecule has 3 rings (SSSR count). The fourth-order valence-electron chi connectivity index (χ4n) is 3.80. The van der Waals surface area contributed by atoms with Gasteiger partial charge in [-0.1, -0.05) is 30.3 Å². The van der Waals surface area contributed by atoms with Gasteiger partial charge in [-0.3, -0.25) is 9.69 Å². The molecular weight excluding hydrogens is 302 g/mol. The van der Waals surface area contributed by atoms with E-state index in [-0.39, 0.29) is 12.5 Å². The monoisotopic (exact) mass is 331 g/mol. The number of hydrogen-bond acceptors (Lipinski definition) is 4. The summed E-state index contributed by atoms with van der Waals surface area (Å²) < 4.78 is 4.94. The highest BCUT2D eigenvalue weighted by Gasteiger charge is 2.27. The Morgan fingerprint density at radius 1 is 1.12 bits per heavy atom. The number of likely N-dealkylation sites (tertiary alicyclic amines) is 2. The lowest BCUT2D eigenvalue weighted by Gasteiger charge is -2.33. The number of carbonyl (C=O) groups excluding carboxylic acids is 1. The maximum absolute atomic E-state index is 11.8. The molecule has 0 aliphatic carbocycles. The van der Waals surface area contributed by atoms with Crippen LogP contribution < -0.4 is 5.32 Å². The van der Waals surface area contributed by atoms with Gasteiger partial charge in [0, 0.05) is 51.9 Å². The standard InChI is InChI=1S/C19H29N3O2/c1-24-15-19(23)22-11-8-17(9-12-22)20-18-7-10-21(14-18)13-16-5-3-2-4-6-16/h2-6,17-18,20H,7-15H2,1H3. The average molecular weight is 331 g/mol. The van der Waals surface area contributed by atoms with E-state index in [0.717, 1.165) is 45.6 Å². The van der Waals surface area contributed by atoms with Gasteiger partial charge in [0.1, 0.15) is 6.61 Å². The van der Waals surface area contributed by atoms with Gasteiger partial charge in [-0.2, -0.15) is 0 Å². The quantitative estimate of drug-likeness (QED) is 0.858. The second kappa shape index (κ2) is 8.60. The predicted octanol–water partition coefficient (Wildman–Crippen LogP) is 1.49. The molecule has 2 fully saturated rings. The Morgan fingerprint density at radius 3 is 2.54 bits per heavy atom. The van der Waals surface area contributed by atoms with Gasteiger partial charge in [-0.15, -0.1) is 0 Å². The Balaban J connectivity index is 1.38. The van der Waals surface area contributed by atoms with Crippen LogP contribution in [0, 0.1) is 0 Å². The molecule has 1 amide bonds. The van der Waals surface area contributed by atoms with Crippen molar-refractivity contribution in [3.05, 3.63) is 35.9 Å². The summed E-state index contributed by atoms with van der Waals surface area (Å²) in [6.07, 6.45) is 3.31. The minimum atomic E-state index is 0.117. The number of nitrogens with one attached hydrogen (secondary N) is 1. The van der Waals surface area contributed by atoms with E-state index < -0.39 is 0 Å². The molecule has 1 aromatic rings. The van der Waals surface area contributed by atoms with Crippen molar-refractivity contribution >= 4 is 5.91 Å². The first-order valence-corrected chi connectivity index (χ1v) is 9.03. The molecule has 2 aliphatic heterocycles. The zero-order valence-electron chi connectivity index (χ0n) is 14.6. The summed E-state index contributed by atoms with van der Waals surface area (Å²) in [5, 5.41) is 3.81. The lowest BCUT2D eigenvalue weighted by atomic mass is 10.0. The van der Waals surface area contributed by atoms with Crippen molar-refractivity contribution in [3.63, 3.8) is 0 Å². The Morgan fingerprint density at radius 2 is 1.83 bits per heavy atom. The fraction of sp³-hybridized carbons (Fsp3) is 0.632. The number of rotatable bonds is 6. The van der Waals surface area contributed by atoms with Crippen LogP contribution in [0.1, 0.15) is 24.8 Å². The zero-order chi connectivity index (χ0) is 16.8. The van der Waals surface area contributed by atoms with Gasteiger partial charge < -0.3 is 15.0 Å². The molecule has 2 saturated heterocycles. The highest BCUT2D eigenvalue weighted by atomic mass is 16.5. The summed E-state index contributed by atoms with van der Waals surface area (Å²) >= 11 is 0. The first kappa shape index (κ1) is 17.4. The summed E-state index contributed by atoms with van der Waals surface area (Å²) in [7, 11) is 1.58. The van der Waals surface area contributed by atoms with Crippen molar-refractivity contribution in [3.8, 4) is 0 Å². The summed E-state index contributed by atoms with van der Waals surface area (Å²) in [4.78, 5) is 16.3. The molecule has 2 aliphatic rings. The summed E-state index contributed by atoms with van der Waals surface area (Å²) in [6, 6.07) is 11.8. The molecular formula is C19H29N3O2. The van der Waals surface area contributed by atoms with Gasteiger partial charge in [0.25, 0.3) is 0 Å². The highest BCUT2D eigenvalue weighted by Crippen LogP contribution is 2.17. The SMILES string of the molecule is COCC(=O)N1CCC(NC2CCN(Cc3ccccc3)C2)CC1. The molecule has 0 radical (unpaired) electrons. The third kappa shape index (κ3) is 4.79. The number of nitrogens with zero attached hydrogens (tertiary/aromatic N) is 2. The van der Waals surface area contributed by atoms with Gasteiger partial charge in [0.05, 0.1) is 0 Å². The van der Waals surface area contributed by atoms with Crippen molar-refractivity contribution in [2.24, 2.45) is 0 Å². The smallest absolute Gasteiger partial charge is 0.248 e. The van der Waals surface area contributed by atoms with Crippen LogP contribution in [0.25, 0.3) is 0 Å². The Bertz CT molecular complexity index is 515. The van der Waals surface area contributed by atoms with E-state index in [2.05, 4.69) is 40.5 Å². The molecule has 0 saturated carbocycles. The molecule has 1 atom stereocenters. The fourth-order valence-corrected chi connectivity index (χ4v) is 3.80. The van der Waals surface area contributed by atoms with E-state index in [9.17, 15) is 4.79 Å². The first-order chi connectivity index (χ1) is 11.7. The van der Waals surface area contributed by atoms with Gasteiger partial charge in [0.2, 0.25) is 5.91 Å². The van der Waals surface area contributed by atoms with Gasteiger partial charge >= 0.3 is 0 Å². The van der Waals surface area contributed by atoms with Crippen molar-refractivity contribution in [1.29, 1.82) is 0 Å². The Hall–Kier alpha value is -1.43. The second-order valence-corrected chi connectivity index (χ2v) is 6.96. The van der Waals surface area contributed by atoms with E-state index in [1.165, 1.54) is 12.0 Å². The second-order valence-electron chi connectivity index (χ2n) is 6.96. The lowest BCUT2D eigenvalue weighted by Crippen LogP contribution is -2.49. The summed E-state index contributed by atoms with van der Waals surface area (Å²) in [6.45, 7) is 5.23. The van der Waals surface area contributed by atoms with E-state index in [4.69, 9.17) is 4.74 Å². The molecule has 0 spiro atoms. The number of amides is 1. The maximum atomic E-state index is 11.8. The Labute approximate surface area is 145 Å². The molecule has 5 nitrogen and oxygen atoms in total. The van der Waals surface area contributed by atoms with Crippen LogP contribution in [0.2, 0.25) is 0 Å². The molecule has 24 heavy (non-hydrogen) atoms. The Kier molecular flexibility index (Phi) is 6.24. The summed E-state index contributed by atoms with van der Waals surface area (Å²) in [5.74, 6) is 0.117. The van der Waals surface area contributed by atoms with Crippen LogP contribution in [0.3, 0.4) is 0 Å². The summed E-state index contributed by atoms with van der Waals surface area (Å²) in [5.41, 5.74) is 1.39. The highest BCUT2D eigenvalue weighted by molar-refractivity contribution is 5.77. The largest absolute Gasteiger partial charge is 0.375 e. The topological polar surface area (TPSA) is 44.8 Å². The minimum absolute atomic E-state index is 0.117. The predicted molar refractivity (Wildman–Crippen MR) is 94.7 cm³/mol. The van der Waals surface area contributed by atoms with Crippen molar-refractivity contribution in [2.75, 3.05) is 39.9 Å². The third-order valence-electron chi connectivity index (χ3n) is 5.11. The van der Waals surface area contributed by atoms with E-state index in [1.54, 1.807) is 7.11 Å². The molecule has 2 heterocycles. The number of carbonyl (C=O) groups is 1. The number of piperidine rings is 1. The normalized spacial score (nSPS) is 22.9. The zero-order valence-corrected chi connectivity index (χ0v) is 14.6. The van der Waals surface area contributed by atoms with E-state index in [1.807, 2.05) is 4.90 Å². The van der Waals surface area contributed by atoms with Gasteiger partial charge in [-0.05, 0) is 24.8 Å². The van der Waals surface area contributed by atoms with Gasteiger partial charge in [-0.25, -0.2) is 0 Å². The average Bonchev–Trinajstić information content (AvgIpc) is 3.03. The van der Waals surface area contributed by atoms with E-state index in [0.29, 0.717) is 12.1 Å². The molecule has 5 heteroatoms. The minimum Gasteiger partial charge on any atom is -0.375 e. The number of benzene rings is 1. The van der Waals surface area contributed by atoms with Crippen LogP contribution in [0.15, 0.2) is 30.3 Å². The number of ether oxygens (including phenoxy) is 1. The third-order valence-corrected chi connectivity index (χ3v) is 5.11. The number of methoxy groups -OCH3 is 1. The van der Waals surface area contributed by atoms with Crippen molar-refractivity contribution in [2.45, 2.75) is 37.9 Å². The maximum Gasteiger partial charge on any atom is 0.248 e. The number of hydrogen-bond donors (Lipinski definition) is 1. The van der Waals surface area contributed by atoms with Crippen LogP contribution in [-0.2, 0) is 16.1 Å². The first-order valence-electron chi connectivity index (χ1n) is 9.03. The molecule has 1 aromatic carbocycles. The van der Waals surface area contributed by atoms with Crippen molar-refractivity contribution in [1.82, 2.24) is 15.1 Å². The molecule has 132 valence electrons. The lowest BCUT2D eigenvalue weighted by molar-refractivity contribution is -0.136. The molecule has 1 unspecified atom stereocenters.